The summed E-state index contributed by atoms with van der Waals surface area (Å²) >= 11 is 14.3. The third-order valence-corrected chi connectivity index (χ3v) is 8.07. The van der Waals surface area contributed by atoms with Crippen LogP contribution >= 0.6 is 34.5 Å². The van der Waals surface area contributed by atoms with Crippen LogP contribution in [0.2, 0.25) is 10.0 Å². The van der Waals surface area contributed by atoms with Gasteiger partial charge in [-0.05, 0) is 55.0 Å². The zero-order chi connectivity index (χ0) is 26.2. The molecule has 37 heavy (non-hydrogen) atoms. The van der Waals surface area contributed by atoms with Gasteiger partial charge < -0.3 is 15.4 Å². The van der Waals surface area contributed by atoms with Crippen molar-refractivity contribution < 1.29 is 14.3 Å². The second-order valence-corrected chi connectivity index (χ2v) is 11.0. The molecule has 6 nitrogen and oxygen atoms in total. The molecule has 2 aromatic heterocycles. The molecule has 3 aromatic rings. The van der Waals surface area contributed by atoms with Crippen LogP contribution in [0.4, 0.5) is 5.00 Å². The van der Waals surface area contributed by atoms with Gasteiger partial charge in [0.25, 0.3) is 11.8 Å². The zero-order valence-corrected chi connectivity index (χ0v) is 23.2. The number of benzene rings is 1. The Labute approximate surface area is 231 Å². The molecular weight excluding hydrogens is 529 g/mol. The molecule has 2 heterocycles. The number of amides is 2. The number of aryl methyl sites for hydroxylation is 1. The number of anilines is 1. The lowest BCUT2D eigenvalue weighted by atomic mass is 10.1. The van der Waals surface area contributed by atoms with E-state index in [0.717, 1.165) is 48.1 Å². The van der Waals surface area contributed by atoms with Crippen molar-refractivity contribution in [2.24, 2.45) is 0 Å². The van der Waals surface area contributed by atoms with Gasteiger partial charge in [0.15, 0.2) is 5.75 Å². The fourth-order valence-corrected chi connectivity index (χ4v) is 6.27. The molecule has 0 fully saturated rings. The molecule has 0 saturated heterocycles. The normalized spacial score (nSPS) is 12.3. The molecule has 0 unspecified atom stereocenters. The second-order valence-electron chi connectivity index (χ2n) is 9.09. The molecule has 2 amide bonds. The number of rotatable bonds is 12. The first-order chi connectivity index (χ1) is 18.0. The van der Waals surface area contributed by atoms with Crippen LogP contribution in [0.15, 0.2) is 36.7 Å². The van der Waals surface area contributed by atoms with Gasteiger partial charge >= 0.3 is 0 Å². The van der Waals surface area contributed by atoms with Gasteiger partial charge in [-0.25, -0.2) is 0 Å². The number of hydrogen-bond acceptors (Lipinski definition) is 5. The van der Waals surface area contributed by atoms with Gasteiger partial charge in [0.05, 0.1) is 22.2 Å². The number of carbonyl (C=O) groups is 2. The molecule has 0 radical (unpaired) electrons. The van der Waals surface area contributed by atoms with Crippen LogP contribution in [0.1, 0.15) is 82.2 Å². The molecule has 4 rings (SSSR count). The molecule has 0 saturated carbocycles. The van der Waals surface area contributed by atoms with Crippen molar-refractivity contribution in [3.63, 3.8) is 0 Å². The minimum atomic E-state index is -0.379. The Hall–Kier alpha value is -2.61. The average molecular weight is 561 g/mol. The largest absolute Gasteiger partial charge is 0.490 e. The van der Waals surface area contributed by atoms with Gasteiger partial charge in [-0.1, -0.05) is 61.9 Å². The average Bonchev–Trinajstić information content (AvgIpc) is 3.47. The number of nitrogens with one attached hydrogen (secondary N) is 2. The predicted octanol–water partition coefficient (Wildman–Crippen LogP) is 7.47. The Morgan fingerprint density at radius 3 is 2.59 bits per heavy atom. The third-order valence-electron chi connectivity index (χ3n) is 6.31. The number of ether oxygens (including phenoxy) is 1. The van der Waals surface area contributed by atoms with Gasteiger partial charge in [0.1, 0.15) is 5.00 Å². The molecule has 0 atom stereocenters. The summed E-state index contributed by atoms with van der Waals surface area (Å²) in [7, 11) is 0. The first-order valence-corrected chi connectivity index (χ1v) is 14.3. The van der Waals surface area contributed by atoms with Crippen molar-refractivity contribution in [2.45, 2.75) is 64.8 Å². The summed E-state index contributed by atoms with van der Waals surface area (Å²) in [5, 5.41) is 7.01. The summed E-state index contributed by atoms with van der Waals surface area (Å²) in [6.07, 6.45) is 11.7. The molecule has 1 aliphatic carbocycles. The SMILES string of the molecule is CCCCCCCOc1c(Cl)cc(C(=O)Nc2sc3c(c2C(=O)NCc2cccnc2)CCC3)cc1Cl. The number of unbranched alkanes of at least 4 members (excludes halogenated alkanes) is 4. The standard InChI is InChI=1S/C28H31Cl2N3O3S/c1-2-3-4-5-6-13-36-25-21(29)14-19(15-22(25)30)26(34)33-28-24(20-10-7-11-23(20)37-28)27(35)32-17-18-9-8-12-31-16-18/h8-9,12,14-16H,2-7,10-11,13,17H2,1H3,(H,32,35)(H,33,34). The maximum absolute atomic E-state index is 13.2. The molecule has 1 aliphatic rings. The van der Waals surface area contributed by atoms with Crippen molar-refractivity contribution in [3.8, 4) is 5.75 Å². The highest BCUT2D eigenvalue weighted by Gasteiger charge is 2.28. The number of aromatic nitrogens is 1. The van der Waals surface area contributed by atoms with Crippen molar-refractivity contribution in [1.82, 2.24) is 10.3 Å². The van der Waals surface area contributed by atoms with Crippen LogP contribution in [0.25, 0.3) is 0 Å². The Morgan fingerprint density at radius 2 is 1.86 bits per heavy atom. The number of pyridine rings is 1. The predicted molar refractivity (Wildman–Crippen MR) is 150 cm³/mol. The quantitative estimate of drug-likeness (QED) is 0.225. The molecule has 2 N–H and O–H groups in total. The van der Waals surface area contributed by atoms with Gasteiger partial charge in [-0.3, -0.25) is 14.6 Å². The molecule has 0 spiro atoms. The van der Waals surface area contributed by atoms with Crippen molar-refractivity contribution >= 4 is 51.4 Å². The zero-order valence-electron chi connectivity index (χ0n) is 20.9. The molecule has 0 aliphatic heterocycles. The van der Waals surface area contributed by atoms with E-state index >= 15 is 0 Å². The maximum Gasteiger partial charge on any atom is 0.256 e. The third kappa shape index (κ3) is 7.03. The summed E-state index contributed by atoms with van der Waals surface area (Å²) in [5.41, 5.74) is 2.76. The van der Waals surface area contributed by atoms with Crippen LogP contribution in [0.3, 0.4) is 0 Å². The van der Waals surface area contributed by atoms with E-state index in [1.165, 1.54) is 30.6 Å². The lowest BCUT2D eigenvalue weighted by Gasteiger charge is -2.13. The summed E-state index contributed by atoms with van der Waals surface area (Å²) in [5.74, 6) is -0.200. The topological polar surface area (TPSA) is 80.3 Å². The second kappa shape index (κ2) is 13.3. The number of fused-ring (bicyclic) bond motifs is 1. The lowest BCUT2D eigenvalue weighted by molar-refractivity contribution is 0.0951. The summed E-state index contributed by atoms with van der Waals surface area (Å²) in [4.78, 5) is 31.6. The van der Waals surface area contributed by atoms with Crippen LogP contribution < -0.4 is 15.4 Å². The van der Waals surface area contributed by atoms with E-state index in [0.29, 0.717) is 35.0 Å². The Kier molecular flexibility index (Phi) is 9.83. The van der Waals surface area contributed by atoms with Crippen molar-refractivity contribution in [2.75, 3.05) is 11.9 Å². The molecule has 196 valence electrons. The van der Waals surface area contributed by atoms with Gasteiger partial charge in [-0.2, -0.15) is 0 Å². The van der Waals surface area contributed by atoms with E-state index in [4.69, 9.17) is 27.9 Å². The van der Waals surface area contributed by atoms with E-state index < -0.39 is 0 Å². The fraction of sp³-hybridized carbons (Fsp3) is 0.393. The van der Waals surface area contributed by atoms with Crippen LogP contribution in [-0.4, -0.2) is 23.4 Å². The number of hydrogen-bond donors (Lipinski definition) is 2. The number of carbonyl (C=O) groups excluding carboxylic acids is 2. The van der Waals surface area contributed by atoms with Gasteiger partial charge in [0.2, 0.25) is 0 Å². The van der Waals surface area contributed by atoms with Gasteiger partial charge in [-0.15, -0.1) is 11.3 Å². The lowest BCUT2D eigenvalue weighted by Crippen LogP contribution is -2.25. The minimum absolute atomic E-state index is 0.211. The Bertz CT molecular complexity index is 1220. The Morgan fingerprint density at radius 1 is 1.08 bits per heavy atom. The number of thiophene rings is 1. The first-order valence-electron chi connectivity index (χ1n) is 12.7. The highest BCUT2D eigenvalue weighted by atomic mass is 35.5. The van der Waals surface area contributed by atoms with Crippen LogP contribution in [-0.2, 0) is 19.4 Å². The summed E-state index contributed by atoms with van der Waals surface area (Å²) < 4.78 is 5.81. The fourth-order valence-electron chi connectivity index (χ4n) is 4.39. The summed E-state index contributed by atoms with van der Waals surface area (Å²) in [6, 6.07) is 6.84. The van der Waals surface area contributed by atoms with E-state index in [9.17, 15) is 9.59 Å². The van der Waals surface area contributed by atoms with Crippen LogP contribution in [0, 0.1) is 0 Å². The molecule has 1 aromatic carbocycles. The summed E-state index contributed by atoms with van der Waals surface area (Å²) in [6.45, 7) is 3.06. The molecule has 9 heteroatoms. The van der Waals surface area contributed by atoms with E-state index in [1.807, 2.05) is 12.1 Å². The van der Waals surface area contributed by atoms with E-state index in [-0.39, 0.29) is 21.9 Å². The number of halogens is 2. The van der Waals surface area contributed by atoms with Gasteiger partial charge in [0, 0.05) is 29.4 Å². The van der Waals surface area contributed by atoms with E-state index in [2.05, 4.69) is 22.5 Å². The molecular formula is C28H31Cl2N3O3S. The number of nitrogens with zero attached hydrogens (tertiary/aromatic N) is 1. The monoisotopic (exact) mass is 559 g/mol. The molecule has 0 bridgehead atoms. The van der Waals surface area contributed by atoms with Crippen LogP contribution in [0.5, 0.6) is 5.75 Å². The highest BCUT2D eigenvalue weighted by Crippen LogP contribution is 2.40. The maximum atomic E-state index is 13.2. The van der Waals surface area contributed by atoms with E-state index in [1.54, 1.807) is 24.5 Å². The highest BCUT2D eigenvalue weighted by molar-refractivity contribution is 7.17. The van der Waals surface area contributed by atoms with Crippen molar-refractivity contribution in [3.05, 3.63) is 73.8 Å². The first kappa shape index (κ1) is 27.4. The van der Waals surface area contributed by atoms with Crippen molar-refractivity contribution in [1.29, 1.82) is 0 Å². The smallest absolute Gasteiger partial charge is 0.256 e. The Balaban J connectivity index is 1.44. The minimum Gasteiger partial charge on any atom is -0.490 e.